The molecule has 0 saturated heterocycles. The fourth-order valence-corrected chi connectivity index (χ4v) is 15.5. The highest BCUT2D eigenvalue weighted by atomic mass is 32.1. The van der Waals surface area contributed by atoms with Crippen LogP contribution in [-0.2, 0) is 44.6 Å². The number of aryl methyl sites for hydroxylation is 8. The van der Waals surface area contributed by atoms with Gasteiger partial charge in [-0.1, -0.05) is 180 Å². The Hall–Kier alpha value is -8.56. The Morgan fingerprint density at radius 3 is 0.839 bits per heavy atom. The summed E-state index contributed by atoms with van der Waals surface area (Å²) in [7, 11) is 5.30. The molecule has 112 heavy (non-hydrogen) atoms. The van der Waals surface area contributed by atoms with Gasteiger partial charge in [-0.15, -0.1) is 45.3 Å². The zero-order chi connectivity index (χ0) is 81.4. The summed E-state index contributed by atoms with van der Waals surface area (Å²) in [6, 6.07) is 33.6. The number of benzene rings is 4. The summed E-state index contributed by atoms with van der Waals surface area (Å²) in [5.41, 5.74) is 10.9. The van der Waals surface area contributed by atoms with Crippen LogP contribution in [0.5, 0.6) is 23.0 Å². The fraction of sp³-hybridized carbons (Fsp3) is 0.478. The van der Waals surface area contributed by atoms with Gasteiger partial charge in [-0.2, -0.15) is 0 Å². The summed E-state index contributed by atoms with van der Waals surface area (Å²) in [5, 5.41) is 3.25. The first-order valence-corrected chi connectivity index (χ1v) is 43.3. The van der Waals surface area contributed by atoms with E-state index in [1.807, 2.05) is 60.7 Å². The normalized spacial score (nSPS) is 10.7. The zero-order valence-electron chi connectivity index (χ0n) is 68.3. The molecule has 608 valence electrons. The van der Waals surface area contributed by atoms with E-state index in [0.29, 0.717) is 63.4 Å². The number of esters is 4. The van der Waals surface area contributed by atoms with Crippen molar-refractivity contribution < 1.29 is 76.3 Å². The highest BCUT2D eigenvalue weighted by molar-refractivity contribution is 7.16. The highest BCUT2D eigenvalue weighted by Gasteiger charge is 2.20. The average Bonchev–Trinajstić information content (AvgIpc) is 1.67. The molecule has 0 radical (unpaired) electrons. The van der Waals surface area contributed by atoms with E-state index in [-0.39, 0.29) is 49.6 Å². The van der Waals surface area contributed by atoms with Gasteiger partial charge in [-0.25, -0.2) is 19.2 Å². The molecule has 0 atom stereocenters. The van der Waals surface area contributed by atoms with E-state index in [1.54, 1.807) is 47.2 Å². The van der Waals surface area contributed by atoms with Crippen LogP contribution in [0.4, 0.5) is 0 Å². The largest absolute Gasteiger partial charge is 0.485 e. The number of unbranched alkanes of at least 4 members (excludes halogenated alkanes) is 20. The van der Waals surface area contributed by atoms with E-state index in [1.165, 1.54) is 250 Å². The zero-order valence-corrected chi connectivity index (χ0v) is 71.6. The number of Topliss-reactive ketones (excluding diaryl/α,β-unsaturated/α-hetero) is 4. The van der Waals surface area contributed by atoms with Crippen molar-refractivity contribution in [3.05, 3.63) is 205 Å². The molecule has 0 N–H and O–H groups in total. The first-order chi connectivity index (χ1) is 54.2. The van der Waals surface area contributed by atoms with Gasteiger partial charge in [0.15, 0.2) is 26.4 Å². The molecule has 0 amide bonds. The van der Waals surface area contributed by atoms with Crippen LogP contribution in [0.1, 0.15) is 305 Å². The van der Waals surface area contributed by atoms with E-state index >= 15 is 0 Å². The van der Waals surface area contributed by atoms with Crippen LogP contribution in [-0.4, -0.2) is 102 Å². The van der Waals surface area contributed by atoms with E-state index in [4.69, 9.17) is 18.9 Å². The van der Waals surface area contributed by atoms with Crippen LogP contribution in [0.15, 0.2) is 120 Å². The number of ketones is 4. The minimum Gasteiger partial charge on any atom is -0.485 e. The second-order valence-electron chi connectivity index (χ2n) is 28.0. The van der Waals surface area contributed by atoms with Crippen molar-refractivity contribution in [3.8, 4) is 23.0 Å². The lowest BCUT2D eigenvalue weighted by molar-refractivity contribution is 0.0592. The molecular formula is C92H120O16S4. The number of hydrogen-bond acceptors (Lipinski definition) is 20. The summed E-state index contributed by atoms with van der Waals surface area (Å²) < 4.78 is 41.4. The van der Waals surface area contributed by atoms with Crippen molar-refractivity contribution in [2.75, 3.05) is 54.9 Å². The molecule has 0 bridgehead atoms. The number of hydrogen-bond donors (Lipinski definition) is 0. The van der Waals surface area contributed by atoms with Crippen molar-refractivity contribution in [2.24, 2.45) is 0 Å². The molecule has 16 nitrogen and oxygen atoms in total. The van der Waals surface area contributed by atoms with E-state index in [0.717, 1.165) is 48.4 Å². The number of carbonyl (C=O) groups is 8. The highest BCUT2D eigenvalue weighted by Crippen LogP contribution is 2.28. The summed E-state index contributed by atoms with van der Waals surface area (Å²) >= 11 is 4.71. The minimum atomic E-state index is -0.437. The Labute approximate surface area is 682 Å². The van der Waals surface area contributed by atoms with Gasteiger partial charge in [0.1, 0.15) is 32.8 Å². The molecular weight excluding hydrogens is 1490 g/mol. The van der Waals surface area contributed by atoms with E-state index < -0.39 is 23.9 Å². The molecule has 4 heterocycles. The molecule has 0 aliphatic heterocycles. The van der Waals surface area contributed by atoms with Gasteiger partial charge in [0.2, 0.25) is 23.1 Å². The fourth-order valence-electron chi connectivity index (χ4n) is 12.2. The quantitative estimate of drug-likeness (QED) is 0.0150. The molecule has 0 aliphatic carbocycles. The summed E-state index contributed by atoms with van der Waals surface area (Å²) in [6.45, 7) is 17.2. The van der Waals surface area contributed by atoms with Crippen molar-refractivity contribution in [1.29, 1.82) is 0 Å². The van der Waals surface area contributed by atoms with Crippen LogP contribution >= 0.6 is 45.3 Å². The molecule has 20 heteroatoms. The first-order valence-electron chi connectivity index (χ1n) is 39.9. The van der Waals surface area contributed by atoms with Gasteiger partial charge in [-0.05, 0) is 208 Å². The lowest BCUT2D eigenvalue weighted by Crippen LogP contribution is -2.10. The predicted molar refractivity (Wildman–Crippen MR) is 455 cm³/mol. The SMILES string of the molecule is CCCCCCCCc1cc(OCC(=O)c2cc(C(=O)OC)cs2)ccc1C.CCCCCCCCc1cc(OCC(=O)c2ccc(C(=O)OC)s2)ccc1C.CCCCCCCCc1ccc(OCC(=O)c2cc(C(=O)OC)cs2)cc1C.CCCCCCCCc1ccc(OCC(=O)c2ccc(C(=O)OC)s2)cc1C. The Kier molecular flexibility index (Phi) is 45.5. The molecule has 0 fully saturated rings. The van der Waals surface area contributed by atoms with Crippen molar-refractivity contribution >= 4 is 92.4 Å². The smallest absolute Gasteiger partial charge is 0.348 e. The number of thiophene rings is 4. The van der Waals surface area contributed by atoms with Gasteiger partial charge in [0.05, 0.1) is 59.1 Å². The minimum absolute atomic E-state index is 0.0410. The third-order valence-electron chi connectivity index (χ3n) is 19.1. The van der Waals surface area contributed by atoms with Crippen LogP contribution in [0.3, 0.4) is 0 Å². The predicted octanol–water partition coefficient (Wildman–Crippen LogP) is 24.0. The van der Waals surface area contributed by atoms with Gasteiger partial charge in [-0.3, -0.25) is 19.2 Å². The first kappa shape index (κ1) is 94.0. The average molecular weight is 1610 g/mol. The van der Waals surface area contributed by atoms with Crippen LogP contribution in [0.2, 0.25) is 0 Å². The van der Waals surface area contributed by atoms with Gasteiger partial charge >= 0.3 is 23.9 Å². The second-order valence-corrected chi connectivity index (χ2v) is 32.0. The van der Waals surface area contributed by atoms with Crippen molar-refractivity contribution in [3.63, 3.8) is 0 Å². The standard InChI is InChI=1S/4C23H30O4S/c1-4-5-6-7-8-9-10-18-11-12-20(13-17(18)2)27-15-21(24)22-14-19(16-28-22)23(25)26-3;1-4-5-6-7-8-9-10-18-13-20(12-11-17(18)2)27-15-21(24)22-14-19(16-28-22)23(25)26-3;1-4-5-6-7-8-9-10-18-11-12-19(15-17(18)2)27-16-20(24)21-13-14-22(28-21)23(25)26-3;1-4-5-6-7-8-9-10-18-15-19(12-11-17(18)2)27-16-20(24)21-13-14-22(28-21)23(25)26-3/h2*11-14,16H,4-10,15H2,1-3H3;2*11-15H,4-10,16H2,1-3H3. The monoisotopic (exact) mass is 1610 g/mol. The molecule has 0 spiro atoms. The summed E-state index contributed by atoms with van der Waals surface area (Å²) in [4.78, 5) is 98.0. The third-order valence-corrected chi connectivity index (χ3v) is 23.2. The molecule has 4 aromatic carbocycles. The van der Waals surface area contributed by atoms with Crippen LogP contribution in [0, 0.1) is 27.7 Å². The van der Waals surface area contributed by atoms with E-state index in [9.17, 15) is 38.4 Å². The molecule has 0 unspecified atom stereocenters. The Morgan fingerprint density at radius 1 is 0.268 bits per heavy atom. The van der Waals surface area contributed by atoms with Crippen LogP contribution in [0.25, 0.3) is 0 Å². The molecule has 8 rings (SSSR count). The number of ether oxygens (including phenoxy) is 8. The van der Waals surface area contributed by atoms with Gasteiger partial charge in [0.25, 0.3) is 0 Å². The van der Waals surface area contributed by atoms with E-state index in [2.05, 4.69) is 86.5 Å². The Balaban J connectivity index is 0.000000267. The van der Waals surface area contributed by atoms with Crippen molar-refractivity contribution in [1.82, 2.24) is 0 Å². The third kappa shape index (κ3) is 34.8. The lowest BCUT2D eigenvalue weighted by Gasteiger charge is -2.10. The maximum Gasteiger partial charge on any atom is 0.348 e. The molecule has 8 aromatic rings. The summed E-state index contributed by atoms with van der Waals surface area (Å²) in [5.74, 6) is 0.518. The Morgan fingerprint density at radius 2 is 0.536 bits per heavy atom. The number of rotatable bonds is 48. The topological polar surface area (TPSA) is 210 Å². The van der Waals surface area contributed by atoms with Gasteiger partial charge < -0.3 is 37.9 Å². The van der Waals surface area contributed by atoms with Gasteiger partial charge in [0, 0.05) is 10.8 Å². The maximum absolute atomic E-state index is 12.3. The van der Waals surface area contributed by atoms with Crippen LogP contribution < -0.4 is 18.9 Å². The van der Waals surface area contributed by atoms with Crippen molar-refractivity contribution in [2.45, 2.75) is 235 Å². The Bertz CT molecular complexity index is 3910. The second kappa shape index (κ2) is 54.2. The summed E-state index contributed by atoms with van der Waals surface area (Å²) in [6.07, 6.45) is 35.0. The number of carbonyl (C=O) groups excluding carboxylic acids is 8. The maximum atomic E-state index is 12.3. The number of methoxy groups -OCH3 is 4. The molecule has 4 aromatic heterocycles. The molecule has 0 saturated carbocycles. The molecule has 0 aliphatic rings. The lowest BCUT2D eigenvalue weighted by atomic mass is 10.0.